The summed E-state index contributed by atoms with van der Waals surface area (Å²) in [7, 11) is 0. The number of rotatable bonds is 7. The van der Waals surface area contributed by atoms with Crippen LogP contribution in [0.5, 0.6) is 0 Å². The summed E-state index contributed by atoms with van der Waals surface area (Å²) in [6.07, 6.45) is 0.798. The number of hydrogen-bond acceptors (Lipinski definition) is 4. The summed E-state index contributed by atoms with van der Waals surface area (Å²) in [5, 5.41) is 4.64. The van der Waals surface area contributed by atoms with Crippen molar-refractivity contribution in [3.8, 4) is 0 Å². The number of para-hydroxylation sites is 1. The highest BCUT2D eigenvalue weighted by atomic mass is 35.5. The lowest BCUT2D eigenvalue weighted by Gasteiger charge is -2.18. The molecule has 1 heterocycles. The third-order valence-corrected chi connectivity index (χ3v) is 5.89. The molecule has 0 saturated carbocycles. The second-order valence-electron chi connectivity index (χ2n) is 6.50. The van der Waals surface area contributed by atoms with Gasteiger partial charge in [-0.1, -0.05) is 60.6 Å². The van der Waals surface area contributed by atoms with Gasteiger partial charge < -0.3 is 5.32 Å². The minimum absolute atomic E-state index is 0.00158. The van der Waals surface area contributed by atoms with Gasteiger partial charge in [0.25, 0.3) is 5.56 Å². The second-order valence-corrected chi connectivity index (χ2v) is 7.85. The van der Waals surface area contributed by atoms with Crippen LogP contribution in [0.1, 0.15) is 31.9 Å². The largest absolute Gasteiger partial charge is 0.351 e. The van der Waals surface area contributed by atoms with Gasteiger partial charge in [0.2, 0.25) is 5.91 Å². The predicted octanol–water partition coefficient (Wildman–Crippen LogP) is 4.43. The van der Waals surface area contributed by atoms with Crippen molar-refractivity contribution in [2.24, 2.45) is 0 Å². The van der Waals surface area contributed by atoms with Crippen molar-refractivity contribution >= 4 is 40.2 Å². The van der Waals surface area contributed by atoms with Crippen LogP contribution in [0.15, 0.2) is 58.5 Å². The first-order chi connectivity index (χ1) is 13.5. The Morgan fingerprint density at radius 1 is 1.21 bits per heavy atom. The van der Waals surface area contributed by atoms with Crippen molar-refractivity contribution in [2.75, 3.05) is 5.75 Å². The summed E-state index contributed by atoms with van der Waals surface area (Å²) >= 11 is 7.39. The van der Waals surface area contributed by atoms with E-state index in [9.17, 15) is 9.59 Å². The van der Waals surface area contributed by atoms with Crippen molar-refractivity contribution in [3.05, 3.63) is 69.5 Å². The number of hydrogen-bond donors (Lipinski definition) is 1. The predicted molar refractivity (Wildman–Crippen MR) is 115 cm³/mol. The highest BCUT2D eigenvalue weighted by Gasteiger charge is 2.16. The Kier molecular flexibility index (Phi) is 6.75. The summed E-state index contributed by atoms with van der Waals surface area (Å²) in [5.74, 6) is 0.0362. The fraction of sp³-hybridized carbons (Fsp3) is 0.286. The first-order valence-electron chi connectivity index (χ1n) is 9.15. The number of nitrogens with zero attached hydrogens (tertiary/aromatic N) is 2. The molecule has 7 heteroatoms. The van der Waals surface area contributed by atoms with Gasteiger partial charge in [-0.15, -0.1) is 0 Å². The van der Waals surface area contributed by atoms with Crippen LogP contribution in [0.2, 0.25) is 5.02 Å². The van der Waals surface area contributed by atoms with Crippen LogP contribution in [0.25, 0.3) is 10.9 Å². The number of benzene rings is 2. The van der Waals surface area contributed by atoms with E-state index < -0.39 is 0 Å². The zero-order chi connectivity index (χ0) is 20.1. The molecule has 0 fully saturated rings. The Bertz CT molecular complexity index is 1050. The standard InChI is InChI=1S/C21H22ClN3O2S/c1-3-14(2)25-20(27)16-9-5-7-11-18(16)24-21(25)28-13-19(26)23-12-15-8-4-6-10-17(15)22/h4-11,14H,3,12-13H2,1-2H3,(H,23,26)/t14-/m0/s1. The van der Waals surface area contributed by atoms with Crippen molar-refractivity contribution in [1.29, 1.82) is 0 Å². The van der Waals surface area contributed by atoms with Crippen molar-refractivity contribution in [1.82, 2.24) is 14.9 Å². The molecular weight excluding hydrogens is 394 g/mol. The molecule has 3 rings (SSSR count). The number of thioether (sulfide) groups is 1. The highest BCUT2D eigenvalue weighted by molar-refractivity contribution is 7.99. The van der Waals surface area contributed by atoms with E-state index in [4.69, 9.17) is 11.6 Å². The fourth-order valence-corrected chi connectivity index (χ4v) is 3.94. The fourth-order valence-electron chi connectivity index (χ4n) is 2.82. The highest BCUT2D eigenvalue weighted by Crippen LogP contribution is 2.22. The monoisotopic (exact) mass is 415 g/mol. The Morgan fingerprint density at radius 2 is 1.93 bits per heavy atom. The molecule has 0 aliphatic carbocycles. The van der Waals surface area contributed by atoms with Gasteiger partial charge in [0.1, 0.15) is 0 Å². The van der Waals surface area contributed by atoms with Gasteiger partial charge in [-0.2, -0.15) is 0 Å². The lowest BCUT2D eigenvalue weighted by molar-refractivity contribution is -0.118. The van der Waals surface area contributed by atoms with Gasteiger partial charge in [0.15, 0.2) is 5.16 Å². The summed E-state index contributed by atoms with van der Waals surface area (Å²) < 4.78 is 1.69. The Hall–Kier alpha value is -2.31. The van der Waals surface area contributed by atoms with Crippen LogP contribution in [-0.2, 0) is 11.3 Å². The van der Waals surface area contributed by atoms with Crippen molar-refractivity contribution in [2.45, 2.75) is 38.0 Å². The average Bonchev–Trinajstić information content (AvgIpc) is 2.71. The van der Waals surface area contributed by atoms with Crippen LogP contribution in [0.3, 0.4) is 0 Å². The molecule has 1 aromatic heterocycles. The molecule has 3 aromatic rings. The number of carbonyl (C=O) groups excluding carboxylic acids is 1. The van der Waals surface area contributed by atoms with Crippen molar-refractivity contribution < 1.29 is 4.79 Å². The normalized spacial score (nSPS) is 12.1. The maximum absolute atomic E-state index is 12.9. The van der Waals surface area contributed by atoms with E-state index >= 15 is 0 Å². The topological polar surface area (TPSA) is 64.0 Å². The van der Waals surface area contributed by atoms with E-state index in [1.165, 1.54) is 11.8 Å². The molecule has 1 N–H and O–H groups in total. The second kappa shape index (κ2) is 9.26. The van der Waals surface area contributed by atoms with Crippen LogP contribution in [0, 0.1) is 0 Å². The number of carbonyl (C=O) groups is 1. The van der Waals surface area contributed by atoms with E-state index in [0.29, 0.717) is 27.6 Å². The minimum atomic E-state index is -0.136. The van der Waals surface area contributed by atoms with Gasteiger partial charge in [0.05, 0.1) is 16.7 Å². The molecule has 2 aromatic carbocycles. The lowest BCUT2D eigenvalue weighted by atomic mass is 10.2. The molecule has 0 radical (unpaired) electrons. The van der Waals surface area contributed by atoms with E-state index in [-0.39, 0.29) is 23.3 Å². The van der Waals surface area contributed by atoms with Crippen LogP contribution in [0.4, 0.5) is 0 Å². The quantitative estimate of drug-likeness (QED) is 0.458. The van der Waals surface area contributed by atoms with Gasteiger partial charge in [-0.25, -0.2) is 4.98 Å². The molecule has 28 heavy (non-hydrogen) atoms. The summed E-state index contributed by atoms with van der Waals surface area (Å²) in [4.78, 5) is 29.9. The maximum Gasteiger partial charge on any atom is 0.262 e. The number of fused-ring (bicyclic) bond motifs is 1. The van der Waals surface area contributed by atoms with E-state index in [1.807, 2.05) is 50.2 Å². The molecule has 1 atom stereocenters. The lowest BCUT2D eigenvalue weighted by Crippen LogP contribution is -2.28. The Labute approximate surface area is 173 Å². The molecule has 0 spiro atoms. The average molecular weight is 416 g/mol. The number of amides is 1. The summed E-state index contributed by atoms with van der Waals surface area (Å²) in [6.45, 7) is 4.37. The third kappa shape index (κ3) is 4.56. The smallest absolute Gasteiger partial charge is 0.262 e. The Balaban J connectivity index is 1.77. The first kappa shape index (κ1) is 20.4. The molecule has 1 amide bonds. The zero-order valence-corrected chi connectivity index (χ0v) is 17.4. The SMILES string of the molecule is CC[C@H](C)n1c(SCC(=O)NCc2ccccc2Cl)nc2ccccc2c1=O. The van der Waals surface area contributed by atoms with Gasteiger partial charge >= 0.3 is 0 Å². The molecular formula is C21H22ClN3O2S. The van der Waals surface area contributed by atoms with E-state index in [2.05, 4.69) is 10.3 Å². The minimum Gasteiger partial charge on any atom is -0.351 e. The van der Waals surface area contributed by atoms with Gasteiger partial charge in [0, 0.05) is 17.6 Å². The van der Waals surface area contributed by atoms with Gasteiger partial charge in [-0.05, 0) is 37.1 Å². The third-order valence-electron chi connectivity index (χ3n) is 4.57. The molecule has 0 unspecified atom stereocenters. The molecule has 0 aliphatic rings. The maximum atomic E-state index is 12.9. The number of halogens is 1. The van der Waals surface area contributed by atoms with Gasteiger partial charge in [-0.3, -0.25) is 14.2 Å². The number of nitrogens with one attached hydrogen (secondary N) is 1. The zero-order valence-electron chi connectivity index (χ0n) is 15.8. The first-order valence-corrected chi connectivity index (χ1v) is 10.5. The molecule has 5 nitrogen and oxygen atoms in total. The molecule has 0 aliphatic heterocycles. The van der Waals surface area contributed by atoms with Crippen molar-refractivity contribution in [3.63, 3.8) is 0 Å². The Morgan fingerprint density at radius 3 is 2.68 bits per heavy atom. The van der Waals surface area contributed by atoms with E-state index in [1.54, 1.807) is 16.7 Å². The molecule has 0 saturated heterocycles. The molecule has 146 valence electrons. The number of aromatic nitrogens is 2. The molecule has 0 bridgehead atoms. The van der Waals surface area contributed by atoms with Crippen LogP contribution < -0.4 is 10.9 Å². The summed E-state index contributed by atoms with van der Waals surface area (Å²) in [6, 6.07) is 14.7. The van der Waals surface area contributed by atoms with Crippen LogP contribution in [-0.4, -0.2) is 21.2 Å². The summed E-state index contributed by atoms with van der Waals surface area (Å²) in [5.41, 5.74) is 1.44. The van der Waals surface area contributed by atoms with E-state index in [0.717, 1.165) is 12.0 Å². The van der Waals surface area contributed by atoms with Crippen LogP contribution >= 0.6 is 23.4 Å².